The number of hydrogen-bond donors (Lipinski definition) is 3. The summed E-state index contributed by atoms with van der Waals surface area (Å²) in [5.41, 5.74) is 9.99. The molecule has 1 atom stereocenters. The van der Waals surface area contributed by atoms with E-state index in [0.717, 1.165) is 58.5 Å². The van der Waals surface area contributed by atoms with Gasteiger partial charge in [0, 0.05) is 0 Å². The third kappa shape index (κ3) is 3.29. The normalized spacial score (nSPS) is 13.8. The topological polar surface area (TPSA) is 79.3 Å². The Bertz CT molecular complexity index is 1010. The number of hydrogen-bond acceptors (Lipinski definition) is 5. The molecule has 3 aromatic rings. The van der Waals surface area contributed by atoms with E-state index in [2.05, 4.69) is 46.9 Å². The second-order valence-corrected chi connectivity index (χ2v) is 9.33. The molecule has 1 aromatic heterocycles. The average molecular weight is 444 g/mol. The number of benzene rings is 2. The Kier molecular flexibility index (Phi) is 5.34. The summed E-state index contributed by atoms with van der Waals surface area (Å²) < 4.78 is 4.53. The van der Waals surface area contributed by atoms with E-state index in [4.69, 9.17) is 10.8 Å². The Morgan fingerprint density at radius 3 is 2.75 bits per heavy atom. The summed E-state index contributed by atoms with van der Waals surface area (Å²) in [6, 6.07) is 10.0. The number of rotatable bonds is 7. The molecule has 148 valence electrons. The van der Waals surface area contributed by atoms with Crippen LogP contribution in [0.25, 0.3) is 22.2 Å². The van der Waals surface area contributed by atoms with Crippen molar-refractivity contribution in [2.75, 3.05) is 25.0 Å². The maximum atomic E-state index is 10.6. The molecule has 28 heavy (non-hydrogen) atoms. The zero-order chi connectivity index (χ0) is 19.8. The van der Waals surface area contributed by atoms with Crippen LogP contribution in [-0.4, -0.2) is 60.5 Å². The predicted molar refractivity (Wildman–Crippen MR) is 117 cm³/mol. The number of aromatic nitrogens is 2. The summed E-state index contributed by atoms with van der Waals surface area (Å²) in [5, 5.41) is 20.1. The standard InChI is InChI=1S/C21H27N5OSe/c1-4-25(5-2)11-12-26-15-10-9-14(23-13(3)22)21-18(15)20(24-26)19-16(27)7-6-8-17(19)28-21/h6-10,13,23,27H,4-5,11-12,22H2,1-3H3. The van der Waals surface area contributed by atoms with Crippen molar-refractivity contribution in [3.8, 4) is 17.0 Å². The van der Waals surface area contributed by atoms with E-state index in [1.165, 1.54) is 4.46 Å². The fraction of sp³-hybridized carbons (Fsp3) is 0.381. The van der Waals surface area contributed by atoms with E-state index in [0.29, 0.717) is 5.75 Å². The summed E-state index contributed by atoms with van der Waals surface area (Å²) in [5.74, 6) is 0.311. The van der Waals surface area contributed by atoms with Gasteiger partial charge in [-0.15, -0.1) is 0 Å². The SMILES string of the molecule is CCN(CC)CCn1nc2c3c(c(NC(C)N)ccc31)[Se]c1cccc(O)c1-2. The van der Waals surface area contributed by atoms with Gasteiger partial charge < -0.3 is 0 Å². The van der Waals surface area contributed by atoms with E-state index >= 15 is 0 Å². The van der Waals surface area contributed by atoms with Crippen LogP contribution >= 0.6 is 0 Å². The molecule has 0 amide bonds. The Morgan fingerprint density at radius 1 is 1.25 bits per heavy atom. The van der Waals surface area contributed by atoms with Gasteiger partial charge >= 0.3 is 172 Å². The van der Waals surface area contributed by atoms with Crippen LogP contribution in [0, 0.1) is 0 Å². The molecular formula is C21H27N5OSe. The van der Waals surface area contributed by atoms with Gasteiger partial charge in [0.15, 0.2) is 0 Å². The number of nitrogens with one attached hydrogen (secondary N) is 1. The molecule has 1 unspecified atom stereocenters. The molecule has 4 N–H and O–H groups in total. The first-order valence-corrected chi connectivity index (χ1v) is 11.5. The van der Waals surface area contributed by atoms with Gasteiger partial charge in [-0.1, -0.05) is 0 Å². The molecule has 6 nitrogen and oxygen atoms in total. The molecule has 0 spiro atoms. The number of anilines is 1. The molecule has 1 aliphatic heterocycles. The van der Waals surface area contributed by atoms with Gasteiger partial charge in [-0.2, -0.15) is 0 Å². The number of nitrogens with zero attached hydrogens (tertiary/aromatic N) is 3. The van der Waals surface area contributed by atoms with Crippen LogP contribution in [-0.2, 0) is 6.54 Å². The molecule has 4 rings (SSSR count). The van der Waals surface area contributed by atoms with Gasteiger partial charge in [0.25, 0.3) is 0 Å². The van der Waals surface area contributed by atoms with Crippen LogP contribution in [0.4, 0.5) is 5.69 Å². The van der Waals surface area contributed by atoms with Crippen molar-refractivity contribution in [3.63, 3.8) is 0 Å². The first kappa shape index (κ1) is 19.3. The van der Waals surface area contributed by atoms with Crippen LogP contribution in [0.5, 0.6) is 5.75 Å². The van der Waals surface area contributed by atoms with E-state index in [1.807, 2.05) is 13.0 Å². The van der Waals surface area contributed by atoms with Crippen molar-refractivity contribution < 1.29 is 5.11 Å². The Hall–Kier alpha value is -2.05. The molecule has 7 heteroatoms. The summed E-state index contributed by atoms with van der Waals surface area (Å²) in [4.78, 5) is 2.40. The van der Waals surface area contributed by atoms with Crippen LogP contribution in [0.3, 0.4) is 0 Å². The molecular weight excluding hydrogens is 417 g/mol. The first-order valence-electron chi connectivity index (χ1n) is 9.81. The second kappa shape index (κ2) is 7.76. The van der Waals surface area contributed by atoms with Gasteiger partial charge in [0.2, 0.25) is 0 Å². The van der Waals surface area contributed by atoms with E-state index in [1.54, 1.807) is 6.07 Å². The van der Waals surface area contributed by atoms with Crippen LogP contribution < -0.4 is 20.0 Å². The van der Waals surface area contributed by atoms with Crippen LogP contribution in [0.2, 0.25) is 0 Å². The minimum atomic E-state index is -0.128. The first-order chi connectivity index (χ1) is 13.5. The number of phenols is 1. The Morgan fingerprint density at radius 2 is 2.04 bits per heavy atom. The van der Waals surface area contributed by atoms with Gasteiger partial charge in [0.1, 0.15) is 0 Å². The zero-order valence-electron chi connectivity index (χ0n) is 16.6. The number of phenolic OH excluding ortho intramolecular Hbond substituents is 1. The number of likely N-dealkylation sites (N-methyl/N-ethyl adjacent to an activating group) is 1. The van der Waals surface area contributed by atoms with Crippen molar-refractivity contribution in [1.29, 1.82) is 0 Å². The molecule has 0 saturated carbocycles. The molecule has 2 aromatic carbocycles. The molecule has 1 aliphatic rings. The van der Waals surface area contributed by atoms with E-state index in [-0.39, 0.29) is 21.1 Å². The molecule has 2 heterocycles. The van der Waals surface area contributed by atoms with Crippen molar-refractivity contribution >= 4 is 40.5 Å². The fourth-order valence-corrected chi connectivity index (χ4v) is 6.32. The monoisotopic (exact) mass is 445 g/mol. The average Bonchev–Trinajstić information content (AvgIpc) is 3.04. The molecule has 0 radical (unpaired) electrons. The predicted octanol–water partition coefficient (Wildman–Crippen LogP) is 1.44. The summed E-state index contributed by atoms with van der Waals surface area (Å²) in [6.07, 6.45) is -0.128. The third-order valence-electron chi connectivity index (χ3n) is 5.23. The Labute approximate surface area is 171 Å². The van der Waals surface area contributed by atoms with Gasteiger partial charge in [-0.25, -0.2) is 0 Å². The number of fused-ring (bicyclic) bond motifs is 2. The van der Waals surface area contributed by atoms with Gasteiger partial charge in [-0.3, -0.25) is 0 Å². The molecule has 0 bridgehead atoms. The molecule has 0 saturated heterocycles. The van der Waals surface area contributed by atoms with Crippen LogP contribution in [0.1, 0.15) is 20.8 Å². The summed E-state index contributed by atoms with van der Waals surface area (Å²) >= 11 is 0.0740. The molecule has 0 fully saturated rings. The minimum absolute atomic E-state index is 0.0740. The van der Waals surface area contributed by atoms with Crippen molar-refractivity contribution in [2.45, 2.75) is 33.5 Å². The van der Waals surface area contributed by atoms with E-state index < -0.39 is 0 Å². The number of nitrogens with two attached hydrogens (primary N) is 1. The Balaban J connectivity index is 1.88. The summed E-state index contributed by atoms with van der Waals surface area (Å²) in [7, 11) is 0. The second-order valence-electron chi connectivity index (χ2n) is 7.12. The third-order valence-corrected chi connectivity index (χ3v) is 7.72. The zero-order valence-corrected chi connectivity index (χ0v) is 18.3. The quantitative estimate of drug-likeness (QED) is 0.297. The number of aromatic hydroxyl groups is 1. The van der Waals surface area contributed by atoms with Crippen molar-refractivity contribution in [3.05, 3.63) is 30.3 Å². The molecule has 0 aliphatic carbocycles. The van der Waals surface area contributed by atoms with Crippen molar-refractivity contribution in [1.82, 2.24) is 14.7 Å². The summed E-state index contributed by atoms with van der Waals surface area (Å²) in [6.45, 7) is 10.2. The van der Waals surface area contributed by atoms with Gasteiger partial charge in [-0.05, 0) is 0 Å². The van der Waals surface area contributed by atoms with Crippen molar-refractivity contribution in [2.24, 2.45) is 5.73 Å². The van der Waals surface area contributed by atoms with Crippen LogP contribution in [0.15, 0.2) is 30.3 Å². The maximum absolute atomic E-state index is 10.6. The van der Waals surface area contributed by atoms with Gasteiger partial charge in [0.05, 0.1) is 0 Å². The fourth-order valence-electron chi connectivity index (χ4n) is 3.78. The van der Waals surface area contributed by atoms with E-state index in [9.17, 15) is 5.11 Å².